The Morgan fingerprint density at radius 3 is 2.08 bits per heavy atom. The third-order valence-corrected chi connectivity index (χ3v) is 2.15. The molecule has 2 rings (SSSR count). The number of carbonyl (C=O) groups excluding carboxylic acids is 2. The van der Waals surface area contributed by atoms with E-state index in [0.717, 1.165) is 12.8 Å². The van der Waals surface area contributed by atoms with E-state index in [1.54, 1.807) is 11.9 Å². The van der Waals surface area contributed by atoms with E-state index in [1.807, 2.05) is 0 Å². The van der Waals surface area contributed by atoms with E-state index < -0.39 is 0 Å². The predicted molar refractivity (Wildman–Crippen MR) is 39.4 cm³/mol. The summed E-state index contributed by atoms with van der Waals surface area (Å²) < 4.78 is 5.34. The SMILES string of the molecule is O=C=C1NC(=C=O)C2CCC1O2. The van der Waals surface area contributed by atoms with Crippen molar-refractivity contribution in [1.29, 1.82) is 0 Å². The maximum Gasteiger partial charge on any atom is 0.148 e. The summed E-state index contributed by atoms with van der Waals surface area (Å²) in [5.41, 5.74) is 0.643. The van der Waals surface area contributed by atoms with Gasteiger partial charge in [0.05, 0.1) is 0 Å². The lowest BCUT2D eigenvalue weighted by atomic mass is 10.2. The Morgan fingerprint density at radius 2 is 1.67 bits per heavy atom. The van der Waals surface area contributed by atoms with Crippen LogP contribution in [0.15, 0.2) is 11.4 Å². The van der Waals surface area contributed by atoms with E-state index >= 15 is 0 Å². The van der Waals surface area contributed by atoms with E-state index in [2.05, 4.69) is 5.32 Å². The van der Waals surface area contributed by atoms with Crippen molar-refractivity contribution in [3.8, 4) is 0 Å². The second-order valence-electron chi connectivity index (χ2n) is 2.85. The van der Waals surface area contributed by atoms with Crippen LogP contribution in [0.5, 0.6) is 0 Å². The van der Waals surface area contributed by atoms with Gasteiger partial charge in [-0.2, -0.15) is 0 Å². The van der Waals surface area contributed by atoms with Crippen molar-refractivity contribution in [3.05, 3.63) is 11.4 Å². The monoisotopic (exact) mass is 165 g/mol. The highest BCUT2D eigenvalue weighted by molar-refractivity contribution is 5.61. The number of nitrogens with one attached hydrogen (secondary N) is 1. The van der Waals surface area contributed by atoms with Gasteiger partial charge in [0.1, 0.15) is 35.5 Å². The Labute approximate surface area is 68.9 Å². The van der Waals surface area contributed by atoms with E-state index in [0.29, 0.717) is 11.4 Å². The van der Waals surface area contributed by atoms with Crippen molar-refractivity contribution < 1.29 is 14.3 Å². The van der Waals surface area contributed by atoms with Gasteiger partial charge in [-0.25, -0.2) is 9.59 Å². The summed E-state index contributed by atoms with van der Waals surface area (Å²) in [7, 11) is 0. The standard InChI is InChI=1S/C8H7NO3/c10-3-5-7-1-2-8(12-7)6(4-11)9-5/h7-9H,1-2H2. The molecule has 2 heterocycles. The molecule has 0 saturated carbocycles. The topological polar surface area (TPSA) is 55.4 Å². The Bertz CT molecular complexity index is 280. The predicted octanol–water partition coefficient (Wildman–Crippen LogP) is -0.432. The Balaban J connectivity index is 2.37. The zero-order chi connectivity index (χ0) is 8.55. The lowest BCUT2D eigenvalue weighted by Crippen LogP contribution is -2.35. The van der Waals surface area contributed by atoms with Crippen LogP contribution in [-0.4, -0.2) is 24.1 Å². The third kappa shape index (κ3) is 0.908. The molecule has 2 saturated heterocycles. The van der Waals surface area contributed by atoms with Gasteiger partial charge in [0.2, 0.25) is 0 Å². The first-order chi connectivity index (χ1) is 5.85. The van der Waals surface area contributed by atoms with Gasteiger partial charge in [-0.05, 0) is 12.8 Å². The molecule has 0 aromatic heterocycles. The summed E-state index contributed by atoms with van der Waals surface area (Å²) in [5.74, 6) is 3.45. The largest absolute Gasteiger partial charge is 0.361 e. The molecule has 0 amide bonds. The Morgan fingerprint density at radius 1 is 1.17 bits per heavy atom. The highest BCUT2D eigenvalue weighted by Gasteiger charge is 2.37. The van der Waals surface area contributed by atoms with Gasteiger partial charge in [-0.3, -0.25) is 0 Å². The molecule has 4 nitrogen and oxygen atoms in total. The number of ether oxygens (including phenoxy) is 1. The number of morpholine rings is 1. The van der Waals surface area contributed by atoms with E-state index in [9.17, 15) is 9.59 Å². The van der Waals surface area contributed by atoms with Crippen molar-refractivity contribution in [2.45, 2.75) is 25.0 Å². The van der Waals surface area contributed by atoms with Crippen LogP contribution in [0.4, 0.5) is 0 Å². The van der Waals surface area contributed by atoms with Crippen molar-refractivity contribution in [1.82, 2.24) is 5.32 Å². The fraction of sp³-hybridized carbons (Fsp3) is 0.500. The minimum atomic E-state index is -0.190. The van der Waals surface area contributed by atoms with Crippen molar-refractivity contribution in [2.75, 3.05) is 0 Å². The molecule has 2 aliphatic heterocycles. The smallest absolute Gasteiger partial charge is 0.148 e. The maximum atomic E-state index is 10.4. The molecule has 2 atom stereocenters. The Hall–Kier alpha value is -1.34. The molecule has 4 heteroatoms. The second kappa shape index (κ2) is 2.61. The molecule has 0 spiro atoms. The summed E-state index contributed by atoms with van der Waals surface area (Å²) in [6.07, 6.45) is 1.16. The highest BCUT2D eigenvalue weighted by Crippen LogP contribution is 2.30. The fourth-order valence-corrected chi connectivity index (χ4v) is 1.55. The molecule has 1 N–H and O–H groups in total. The van der Waals surface area contributed by atoms with E-state index in [-0.39, 0.29) is 12.2 Å². The van der Waals surface area contributed by atoms with Crippen molar-refractivity contribution in [3.63, 3.8) is 0 Å². The first-order valence-electron chi connectivity index (χ1n) is 3.77. The van der Waals surface area contributed by atoms with Gasteiger partial charge in [-0.15, -0.1) is 0 Å². The third-order valence-electron chi connectivity index (χ3n) is 2.15. The summed E-state index contributed by atoms with van der Waals surface area (Å²) in [5, 5.41) is 2.68. The summed E-state index contributed by atoms with van der Waals surface area (Å²) in [4.78, 5) is 20.7. The van der Waals surface area contributed by atoms with Gasteiger partial charge >= 0.3 is 0 Å². The molecule has 0 aromatic carbocycles. The lowest BCUT2D eigenvalue weighted by Gasteiger charge is -2.22. The molecule has 2 fully saturated rings. The lowest BCUT2D eigenvalue weighted by molar-refractivity contribution is 0.0640. The number of hydrogen-bond donors (Lipinski definition) is 1. The van der Waals surface area contributed by atoms with Crippen LogP contribution in [0.2, 0.25) is 0 Å². The molecule has 0 aliphatic carbocycles. The van der Waals surface area contributed by atoms with Crippen LogP contribution in [0, 0.1) is 0 Å². The Kier molecular flexibility index (Phi) is 1.59. The quantitative estimate of drug-likeness (QED) is 0.495. The van der Waals surface area contributed by atoms with Crippen LogP contribution < -0.4 is 5.32 Å². The van der Waals surface area contributed by atoms with Gasteiger partial charge in [0, 0.05) is 0 Å². The number of rotatable bonds is 0. The molecule has 12 heavy (non-hydrogen) atoms. The fourth-order valence-electron chi connectivity index (χ4n) is 1.55. The molecule has 2 unspecified atom stereocenters. The number of hydrogen-bond acceptors (Lipinski definition) is 4. The summed E-state index contributed by atoms with van der Waals surface area (Å²) in [6, 6.07) is 0. The molecule has 0 radical (unpaired) electrons. The minimum absolute atomic E-state index is 0.190. The van der Waals surface area contributed by atoms with Crippen LogP contribution in [0.1, 0.15) is 12.8 Å². The summed E-state index contributed by atoms with van der Waals surface area (Å²) >= 11 is 0. The van der Waals surface area contributed by atoms with E-state index in [1.165, 1.54) is 0 Å². The minimum Gasteiger partial charge on any atom is -0.361 e. The molecule has 62 valence electrons. The van der Waals surface area contributed by atoms with E-state index in [4.69, 9.17) is 4.74 Å². The van der Waals surface area contributed by atoms with Crippen LogP contribution in [0.3, 0.4) is 0 Å². The maximum absolute atomic E-state index is 10.4. The first kappa shape index (κ1) is 7.32. The molecule has 0 aromatic rings. The average Bonchev–Trinajstić information content (AvgIpc) is 2.51. The van der Waals surface area contributed by atoms with Gasteiger partial charge in [-0.1, -0.05) is 0 Å². The zero-order valence-electron chi connectivity index (χ0n) is 6.29. The number of fused-ring (bicyclic) bond motifs is 2. The van der Waals surface area contributed by atoms with Crippen molar-refractivity contribution in [2.24, 2.45) is 0 Å². The normalized spacial score (nSPS) is 32.3. The van der Waals surface area contributed by atoms with Crippen LogP contribution in [-0.2, 0) is 14.3 Å². The first-order valence-corrected chi connectivity index (χ1v) is 3.77. The molecule has 2 aliphatic rings. The second-order valence-corrected chi connectivity index (χ2v) is 2.85. The van der Waals surface area contributed by atoms with Crippen LogP contribution >= 0.6 is 0 Å². The zero-order valence-corrected chi connectivity index (χ0v) is 6.29. The molecular formula is C8H7NO3. The van der Waals surface area contributed by atoms with Gasteiger partial charge in [0.15, 0.2) is 0 Å². The molecule has 2 bridgehead atoms. The highest BCUT2D eigenvalue weighted by atomic mass is 16.5. The summed E-state index contributed by atoms with van der Waals surface area (Å²) in [6.45, 7) is 0. The van der Waals surface area contributed by atoms with Gasteiger partial charge in [0.25, 0.3) is 0 Å². The van der Waals surface area contributed by atoms with Gasteiger partial charge < -0.3 is 10.1 Å². The average molecular weight is 165 g/mol. The molecular weight excluding hydrogens is 158 g/mol. The van der Waals surface area contributed by atoms with Crippen molar-refractivity contribution >= 4 is 11.9 Å². The van der Waals surface area contributed by atoms with Crippen LogP contribution in [0.25, 0.3) is 0 Å².